The Morgan fingerprint density at radius 3 is 3.00 bits per heavy atom. The second-order valence-electron chi connectivity index (χ2n) is 3.89. The van der Waals surface area contributed by atoms with Crippen LogP contribution < -0.4 is 0 Å². The lowest BCUT2D eigenvalue weighted by atomic mass is 10.4. The van der Waals surface area contributed by atoms with Crippen molar-refractivity contribution < 1.29 is 14.1 Å². The van der Waals surface area contributed by atoms with E-state index in [1.165, 1.54) is 18.4 Å². The molecular formula is C12H14N2O3S2. The van der Waals surface area contributed by atoms with Gasteiger partial charge < -0.3 is 9.26 Å². The van der Waals surface area contributed by atoms with Crippen molar-refractivity contribution in [1.29, 1.82) is 0 Å². The molecule has 0 aromatic carbocycles. The molecule has 19 heavy (non-hydrogen) atoms. The topological polar surface area (TPSA) is 65.2 Å². The van der Waals surface area contributed by atoms with Crippen molar-refractivity contribution in [3.8, 4) is 0 Å². The van der Waals surface area contributed by atoms with E-state index in [0.29, 0.717) is 16.6 Å². The van der Waals surface area contributed by atoms with E-state index in [9.17, 15) is 4.79 Å². The molecular weight excluding hydrogens is 284 g/mol. The molecule has 0 aliphatic heterocycles. The number of ether oxygens (including phenoxy) is 1. The third-order valence-corrected chi connectivity index (χ3v) is 4.84. The summed E-state index contributed by atoms with van der Waals surface area (Å²) in [6.07, 6.45) is 0. The third-order valence-electron chi connectivity index (χ3n) is 2.41. The zero-order valence-corrected chi connectivity index (χ0v) is 12.5. The first-order chi connectivity index (χ1) is 9.10. The maximum atomic E-state index is 11.3. The minimum Gasteiger partial charge on any atom is -0.465 e. The number of thioether (sulfide) groups is 1. The summed E-state index contributed by atoms with van der Waals surface area (Å²) in [5, 5.41) is 3.90. The van der Waals surface area contributed by atoms with Gasteiger partial charge in [-0.3, -0.25) is 0 Å². The molecule has 1 atom stereocenters. The zero-order chi connectivity index (χ0) is 13.8. The Morgan fingerprint density at radius 2 is 2.37 bits per heavy atom. The van der Waals surface area contributed by atoms with Crippen LogP contribution in [0.4, 0.5) is 0 Å². The van der Waals surface area contributed by atoms with Gasteiger partial charge in [0.2, 0.25) is 5.89 Å². The van der Waals surface area contributed by atoms with Crippen LogP contribution in [0.15, 0.2) is 16.7 Å². The fourth-order valence-corrected chi connectivity index (χ4v) is 3.33. The summed E-state index contributed by atoms with van der Waals surface area (Å²) in [5.74, 6) is 1.78. The molecule has 0 bridgehead atoms. The van der Waals surface area contributed by atoms with Gasteiger partial charge in [0.1, 0.15) is 4.88 Å². The van der Waals surface area contributed by atoms with E-state index in [4.69, 9.17) is 4.52 Å². The molecule has 7 heteroatoms. The maximum absolute atomic E-state index is 11.3. The van der Waals surface area contributed by atoms with Gasteiger partial charge in [0.15, 0.2) is 5.82 Å². The highest BCUT2D eigenvalue weighted by Gasteiger charge is 2.15. The van der Waals surface area contributed by atoms with Crippen LogP contribution in [0.3, 0.4) is 0 Å². The predicted octanol–water partition coefficient (Wildman–Crippen LogP) is 3.22. The second-order valence-corrected chi connectivity index (χ2v) is 6.39. The third kappa shape index (κ3) is 3.57. The van der Waals surface area contributed by atoms with Crippen LogP contribution in [0.1, 0.15) is 38.4 Å². The molecule has 0 unspecified atom stereocenters. The van der Waals surface area contributed by atoms with Crippen molar-refractivity contribution in [2.75, 3.05) is 7.11 Å². The fourth-order valence-electron chi connectivity index (χ4n) is 1.42. The average molecular weight is 298 g/mol. The lowest BCUT2D eigenvalue weighted by Crippen LogP contribution is -1.96. The highest BCUT2D eigenvalue weighted by atomic mass is 32.2. The summed E-state index contributed by atoms with van der Waals surface area (Å²) in [5.41, 5.74) is 0. The number of aromatic nitrogens is 2. The van der Waals surface area contributed by atoms with Crippen molar-refractivity contribution >= 4 is 29.1 Å². The van der Waals surface area contributed by atoms with E-state index >= 15 is 0 Å². The summed E-state index contributed by atoms with van der Waals surface area (Å²) >= 11 is 3.14. The van der Waals surface area contributed by atoms with Crippen LogP contribution in [-0.4, -0.2) is 23.2 Å². The Balaban J connectivity index is 1.91. The van der Waals surface area contributed by atoms with Crippen molar-refractivity contribution in [3.63, 3.8) is 0 Å². The number of esters is 1. The van der Waals surface area contributed by atoms with Crippen molar-refractivity contribution in [2.45, 2.75) is 24.9 Å². The molecule has 0 amide bonds. The van der Waals surface area contributed by atoms with Crippen LogP contribution in [0, 0.1) is 6.92 Å². The number of carbonyl (C=O) groups is 1. The first kappa shape index (κ1) is 14.1. The van der Waals surface area contributed by atoms with Gasteiger partial charge in [-0.25, -0.2) is 4.79 Å². The van der Waals surface area contributed by atoms with Gasteiger partial charge in [0, 0.05) is 10.6 Å². The Morgan fingerprint density at radius 1 is 1.58 bits per heavy atom. The summed E-state index contributed by atoms with van der Waals surface area (Å²) in [4.78, 5) is 17.3. The van der Waals surface area contributed by atoms with Crippen molar-refractivity contribution in [3.05, 3.63) is 33.6 Å². The van der Waals surface area contributed by atoms with Gasteiger partial charge in [-0.2, -0.15) is 4.98 Å². The molecule has 0 fully saturated rings. The van der Waals surface area contributed by atoms with Crippen LogP contribution in [-0.2, 0) is 10.5 Å². The number of hydrogen-bond acceptors (Lipinski definition) is 7. The Kier molecular flexibility index (Phi) is 4.60. The van der Waals surface area contributed by atoms with Gasteiger partial charge >= 0.3 is 5.97 Å². The Labute approximate surface area is 119 Å². The molecule has 102 valence electrons. The molecule has 0 radical (unpaired) electrons. The summed E-state index contributed by atoms with van der Waals surface area (Å²) in [6.45, 7) is 3.82. The van der Waals surface area contributed by atoms with Gasteiger partial charge in [0.05, 0.1) is 12.4 Å². The van der Waals surface area contributed by atoms with Crippen LogP contribution >= 0.6 is 23.1 Å². The number of nitrogens with zero attached hydrogens (tertiary/aromatic N) is 2. The fraction of sp³-hybridized carbons (Fsp3) is 0.417. The van der Waals surface area contributed by atoms with Crippen molar-refractivity contribution in [2.24, 2.45) is 0 Å². The Hall–Kier alpha value is -1.34. The van der Waals surface area contributed by atoms with Gasteiger partial charge in [-0.15, -0.1) is 23.1 Å². The van der Waals surface area contributed by atoms with Gasteiger partial charge in [0.25, 0.3) is 0 Å². The smallest absolute Gasteiger partial charge is 0.348 e. The summed E-state index contributed by atoms with van der Waals surface area (Å²) in [6, 6.07) is 3.73. The number of methoxy groups -OCH3 is 1. The van der Waals surface area contributed by atoms with Crippen molar-refractivity contribution in [1.82, 2.24) is 10.1 Å². The van der Waals surface area contributed by atoms with Gasteiger partial charge in [-0.1, -0.05) is 5.16 Å². The summed E-state index contributed by atoms with van der Waals surface area (Å²) < 4.78 is 9.80. The van der Waals surface area contributed by atoms with Gasteiger partial charge in [-0.05, 0) is 26.0 Å². The minimum absolute atomic E-state index is 0.130. The number of aryl methyl sites for hydroxylation is 1. The van der Waals surface area contributed by atoms with E-state index < -0.39 is 0 Å². The molecule has 0 saturated heterocycles. The monoisotopic (exact) mass is 298 g/mol. The lowest BCUT2D eigenvalue weighted by molar-refractivity contribution is 0.0606. The highest BCUT2D eigenvalue weighted by molar-refractivity contribution is 7.98. The first-order valence-corrected chi connectivity index (χ1v) is 7.55. The predicted molar refractivity (Wildman–Crippen MR) is 74.4 cm³/mol. The standard InChI is InChI=1S/C12H14N2O3S2/c1-7(11-13-8(2)14-17-11)18-6-9-4-5-10(19-9)12(15)16-3/h4-5,7H,6H2,1-3H3/t7-/m1/s1. The largest absolute Gasteiger partial charge is 0.465 e. The quantitative estimate of drug-likeness (QED) is 0.790. The molecule has 0 aliphatic carbocycles. The molecule has 2 aromatic heterocycles. The minimum atomic E-state index is -0.290. The van der Waals surface area contributed by atoms with E-state index in [1.54, 1.807) is 24.8 Å². The van der Waals surface area contributed by atoms with Crippen LogP contribution in [0.25, 0.3) is 0 Å². The number of carbonyl (C=O) groups excluding carboxylic acids is 1. The highest BCUT2D eigenvalue weighted by Crippen LogP contribution is 2.32. The second kappa shape index (κ2) is 6.21. The van der Waals surface area contributed by atoms with E-state index in [-0.39, 0.29) is 11.2 Å². The zero-order valence-electron chi connectivity index (χ0n) is 10.9. The molecule has 2 rings (SSSR count). The average Bonchev–Trinajstić information content (AvgIpc) is 3.04. The SMILES string of the molecule is COC(=O)c1ccc(CS[C@H](C)c2nc(C)no2)s1. The number of thiophene rings is 1. The molecule has 0 spiro atoms. The normalized spacial score (nSPS) is 12.4. The molecule has 0 N–H and O–H groups in total. The van der Waals surface area contributed by atoms with Crippen LogP contribution in [0.2, 0.25) is 0 Å². The first-order valence-electron chi connectivity index (χ1n) is 5.69. The molecule has 5 nitrogen and oxygen atoms in total. The number of hydrogen-bond donors (Lipinski definition) is 0. The molecule has 0 aliphatic rings. The Bertz CT molecular complexity index is 565. The number of rotatable bonds is 5. The van der Waals surface area contributed by atoms with Crippen LogP contribution in [0.5, 0.6) is 0 Å². The lowest BCUT2D eigenvalue weighted by Gasteiger charge is -2.04. The molecule has 2 aromatic rings. The summed E-state index contributed by atoms with van der Waals surface area (Å²) in [7, 11) is 1.39. The van der Waals surface area contributed by atoms with E-state index in [1.807, 2.05) is 13.0 Å². The van der Waals surface area contributed by atoms with E-state index in [0.717, 1.165) is 10.6 Å². The van der Waals surface area contributed by atoms with E-state index in [2.05, 4.69) is 14.9 Å². The molecule has 0 saturated carbocycles. The molecule has 2 heterocycles. The maximum Gasteiger partial charge on any atom is 0.348 e.